The number of benzene rings is 1. The van der Waals surface area contributed by atoms with Gasteiger partial charge in [-0.2, -0.15) is 5.10 Å². The molecule has 2 unspecified atom stereocenters. The van der Waals surface area contributed by atoms with Gasteiger partial charge in [0.1, 0.15) is 11.4 Å². The van der Waals surface area contributed by atoms with Gasteiger partial charge in [0.25, 0.3) is 0 Å². The normalized spacial score (nSPS) is 19.7. The van der Waals surface area contributed by atoms with Crippen LogP contribution >= 0.6 is 0 Å². The van der Waals surface area contributed by atoms with E-state index in [2.05, 4.69) is 55.6 Å². The van der Waals surface area contributed by atoms with Crippen LogP contribution in [0.1, 0.15) is 45.7 Å². The van der Waals surface area contributed by atoms with E-state index in [1.165, 1.54) is 5.56 Å². The van der Waals surface area contributed by atoms with Crippen molar-refractivity contribution in [2.24, 2.45) is 10.9 Å². The number of para-hydroxylation sites is 1. The molecule has 0 amide bonds. The Balaban J connectivity index is 1.70. The number of aromatic nitrogens is 2. The monoisotopic (exact) mass is 369 g/mol. The summed E-state index contributed by atoms with van der Waals surface area (Å²) in [7, 11) is 0. The summed E-state index contributed by atoms with van der Waals surface area (Å²) in [5.74, 6) is 2.20. The van der Waals surface area contributed by atoms with Gasteiger partial charge in [-0.25, -0.2) is 0 Å². The van der Waals surface area contributed by atoms with Crippen molar-refractivity contribution in [3.8, 4) is 5.75 Å². The minimum absolute atomic E-state index is 0.171. The molecule has 0 spiro atoms. The molecule has 0 radical (unpaired) electrons. The highest BCUT2D eigenvalue weighted by Crippen LogP contribution is 2.39. The number of fused-ring (bicyclic) bond motifs is 1. The highest BCUT2D eigenvalue weighted by atomic mass is 16.5. The molecule has 1 aliphatic rings. The molecule has 1 aromatic heterocycles. The van der Waals surface area contributed by atoms with Gasteiger partial charge in [0.15, 0.2) is 5.96 Å². The van der Waals surface area contributed by atoms with Crippen LogP contribution in [-0.4, -0.2) is 34.4 Å². The smallest absolute Gasteiger partial charge is 0.191 e. The lowest BCUT2D eigenvalue weighted by Crippen LogP contribution is -2.45. The molecule has 2 atom stereocenters. The summed E-state index contributed by atoms with van der Waals surface area (Å²) in [4.78, 5) is 4.82. The molecule has 0 saturated heterocycles. The molecule has 146 valence electrons. The Bertz CT molecular complexity index is 754. The van der Waals surface area contributed by atoms with Gasteiger partial charge in [-0.15, -0.1) is 0 Å². The zero-order chi connectivity index (χ0) is 19.3. The minimum Gasteiger partial charge on any atom is -0.487 e. The van der Waals surface area contributed by atoms with Crippen molar-refractivity contribution in [2.45, 2.75) is 52.3 Å². The molecule has 2 heterocycles. The minimum atomic E-state index is -0.212. The second-order valence-corrected chi connectivity index (χ2v) is 7.85. The summed E-state index contributed by atoms with van der Waals surface area (Å²) in [6.45, 7) is 11.0. The summed E-state index contributed by atoms with van der Waals surface area (Å²) >= 11 is 0. The second kappa shape index (κ2) is 8.46. The van der Waals surface area contributed by atoms with Crippen LogP contribution in [0.4, 0.5) is 0 Å². The van der Waals surface area contributed by atoms with E-state index in [1.54, 1.807) is 0 Å². The molecular formula is C21H31N5O. The summed E-state index contributed by atoms with van der Waals surface area (Å²) in [5, 5.41) is 11.3. The van der Waals surface area contributed by atoms with Crippen molar-refractivity contribution in [3.63, 3.8) is 0 Å². The second-order valence-electron chi connectivity index (χ2n) is 7.85. The number of guanidine groups is 1. The van der Waals surface area contributed by atoms with Crippen LogP contribution in [0.5, 0.6) is 5.75 Å². The summed E-state index contributed by atoms with van der Waals surface area (Å²) < 4.78 is 8.09. The van der Waals surface area contributed by atoms with E-state index in [0.717, 1.165) is 37.8 Å². The van der Waals surface area contributed by atoms with Crippen molar-refractivity contribution >= 4 is 5.96 Å². The SMILES string of the molecule is CCNC(=NCC(C)Cn1cccn1)NC1CC(C)(C)Oc2ccccc21. The van der Waals surface area contributed by atoms with Gasteiger partial charge in [-0.1, -0.05) is 25.1 Å². The molecule has 0 bridgehead atoms. The average Bonchev–Trinajstić information content (AvgIpc) is 3.12. The Hall–Kier alpha value is -2.50. The zero-order valence-corrected chi connectivity index (χ0v) is 16.8. The first-order valence-corrected chi connectivity index (χ1v) is 9.77. The number of aliphatic imine (C=N–C) groups is 1. The molecule has 0 saturated carbocycles. The van der Waals surface area contributed by atoms with E-state index in [0.29, 0.717) is 5.92 Å². The van der Waals surface area contributed by atoms with Gasteiger partial charge in [0.2, 0.25) is 0 Å². The van der Waals surface area contributed by atoms with E-state index in [9.17, 15) is 0 Å². The summed E-state index contributed by atoms with van der Waals surface area (Å²) in [6, 6.07) is 10.4. The zero-order valence-electron chi connectivity index (χ0n) is 16.8. The van der Waals surface area contributed by atoms with Crippen LogP contribution < -0.4 is 15.4 Å². The van der Waals surface area contributed by atoms with Gasteiger partial charge in [0, 0.05) is 44.0 Å². The number of hydrogen-bond acceptors (Lipinski definition) is 3. The van der Waals surface area contributed by atoms with Gasteiger partial charge in [-0.3, -0.25) is 9.67 Å². The quantitative estimate of drug-likeness (QED) is 0.605. The fourth-order valence-electron chi connectivity index (χ4n) is 3.45. The van der Waals surface area contributed by atoms with Crippen LogP contribution in [0, 0.1) is 5.92 Å². The highest BCUT2D eigenvalue weighted by molar-refractivity contribution is 5.80. The predicted molar refractivity (Wildman–Crippen MR) is 109 cm³/mol. The van der Waals surface area contributed by atoms with E-state index in [1.807, 2.05) is 35.3 Å². The summed E-state index contributed by atoms with van der Waals surface area (Å²) in [6.07, 6.45) is 4.69. The Kier molecular flexibility index (Phi) is 6.04. The molecule has 1 aliphatic heterocycles. The standard InChI is InChI=1S/C21H31N5O/c1-5-22-20(23-14-16(2)15-26-12-8-11-24-26)25-18-13-21(3,4)27-19-10-7-6-9-17(18)19/h6-12,16,18H,5,13-15H2,1-4H3,(H2,22,23,25). The Morgan fingerprint density at radius 1 is 1.37 bits per heavy atom. The largest absolute Gasteiger partial charge is 0.487 e. The Morgan fingerprint density at radius 2 is 2.19 bits per heavy atom. The van der Waals surface area contributed by atoms with Crippen molar-refractivity contribution < 1.29 is 4.74 Å². The molecule has 2 N–H and O–H groups in total. The lowest BCUT2D eigenvalue weighted by atomic mass is 9.90. The van der Waals surface area contributed by atoms with E-state index >= 15 is 0 Å². The van der Waals surface area contributed by atoms with E-state index in [-0.39, 0.29) is 11.6 Å². The molecule has 0 aliphatic carbocycles. The highest BCUT2D eigenvalue weighted by Gasteiger charge is 2.33. The molecular weight excluding hydrogens is 338 g/mol. The van der Waals surface area contributed by atoms with Gasteiger partial charge in [-0.05, 0) is 38.8 Å². The third kappa shape index (κ3) is 5.25. The maximum Gasteiger partial charge on any atom is 0.191 e. The number of rotatable bonds is 6. The summed E-state index contributed by atoms with van der Waals surface area (Å²) in [5.41, 5.74) is 0.975. The third-order valence-electron chi connectivity index (χ3n) is 4.65. The first kappa shape index (κ1) is 19.3. The number of nitrogens with zero attached hydrogens (tertiary/aromatic N) is 3. The van der Waals surface area contributed by atoms with Gasteiger partial charge in [0.05, 0.1) is 6.04 Å². The lowest BCUT2D eigenvalue weighted by Gasteiger charge is -2.38. The van der Waals surface area contributed by atoms with Crippen LogP contribution in [0.3, 0.4) is 0 Å². The predicted octanol–water partition coefficient (Wildman–Crippen LogP) is 3.38. The average molecular weight is 370 g/mol. The molecule has 3 rings (SSSR count). The first-order chi connectivity index (χ1) is 13.0. The molecule has 1 aromatic carbocycles. The topological polar surface area (TPSA) is 63.5 Å². The van der Waals surface area contributed by atoms with Gasteiger partial charge < -0.3 is 15.4 Å². The molecule has 0 fully saturated rings. The fraction of sp³-hybridized carbons (Fsp3) is 0.524. The molecule has 2 aromatic rings. The van der Waals surface area contributed by atoms with Crippen LogP contribution in [0.25, 0.3) is 0 Å². The number of hydrogen-bond donors (Lipinski definition) is 2. The van der Waals surface area contributed by atoms with Crippen LogP contribution in [0.2, 0.25) is 0 Å². The maximum absolute atomic E-state index is 6.14. The van der Waals surface area contributed by atoms with E-state index < -0.39 is 0 Å². The van der Waals surface area contributed by atoms with Crippen molar-refractivity contribution in [1.29, 1.82) is 0 Å². The van der Waals surface area contributed by atoms with Gasteiger partial charge >= 0.3 is 0 Å². The van der Waals surface area contributed by atoms with Crippen molar-refractivity contribution in [1.82, 2.24) is 20.4 Å². The Labute approximate surface area is 162 Å². The number of nitrogens with one attached hydrogen (secondary N) is 2. The van der Waals surface area contributed by atoms with Crippen molar-refractivity contribution in [3.05, 3.63) is 48.3 Å². The molecule has 27 heavy (non-hydrogen) atoms. The Morgan fingerprint density at radius 3 is 2.93 bits per heavy atom. The number of ether oxygens (including phenoxy) is 1. The van der Waals surface area contributed by atoms with Crippen LogP contribution in [0.15, 0.2) is 47.7 Å². The maximum atomic E-state index is 6.14. The lowest BCUT2D eigenvalue weighted by molar-refractivity contribution is 0.0694. The van der Waals surface area contributed by atoms with Crippen LogP contribution in [-0.2, 0) is 6.54 Å². The molecule has 6 nitrogen and oxygen atoms in total. The fourth-order valence-corrected chi connectivity index (χ4v) is 3.45. The third-order valence-corrected chi connectivity index (χ3v) is 4.65. The van der Waals surface area contributed by atoms with Crippen molar-refractivity contribution in [2.75, 3.05) is 13.1 Å². The molecule has 6 heteroatoms. The first-order valence-electron chi connectivity index (χ1n) is 9.77. The van der Waals surface area contributed by atoms with E-state index in [4.69, 9.17) is 9.73 Å².